The number of rotatable bonds is 0. The molecule has 0 aliphatic carbocycles. The lowest BCUT2D eigenvalue weighted by Gasteiger charge is -2.08. The minimum atomic E-state index is 0.219. The number of hydrogen-bond acceptors (Lipinski definition) is 1. The molecule has 58 valence electrons. The molecular formula is C8H15NO. The Morgan fingerprint density at radius 3 is 2.80 bits per heavy atom. The third-order valence-electron chi connectivity index (χ3n) is 1.99. The number of carbonyl (C=O) groups excluding carboxylic acids is 1. The molecule has 0 aromatic carbocycles. The Bertz CT molecular complexity index is 133. The molecule has 1 saturated heterocycles. The standard InChI is InChI=1S/C8H15NO/c1-6-3-7(2)5-9-8(10)4-6/h6-7H,3-5H2,1-2H3,(H,9,10)/t6-,7-/m1/s1. The van der Waals surface area contributed by atoms with Gasteiger partial charge in [0.15, 0.2) is 0 Å². The third-order valence-corrected chi connectivity index (χ3v) is 1.99. The van der Waals surface area contributed by atoms with Gasteiger partial charge in [0.25, 0.3) is 0 Å². The lowest BCUT2D eigenvalue weighted by Crippen LogP contribution is -2.24. The number of amides is 1. The van der Waals surface area contributed by atoms with Crippen molar-refractivity contribution in [1.29, 1.82) is 0 Å². The molecule has 2 nitrogen and oxygen atoms in total. The zero-order valence-electron chi connectivity index (χ0n) is 6.68. The molecule has 0 saturated carbocycles. The summed E-state index contributed by atoms with van der Waals surface area (Å²) >= 11 is 0. The Morgan fingerprint density at radius 1 is 1.40 bits per heavy atom. The molecule has 1 aliphatic rings. The summed E-state index contributed by atoms with van der Waals surface area (Å²) in [6.07, 6.45) is 1.89. The van der Waals surface area contributed by atoms with Crippen LogP contribution in [0.15, 0.2) is 0 Å². The maximum Gasteiger partial charge on any atom is 0.220 e. The first-order valence-corrected chi connectivity index (χ1v) is 3.95. The molecule has 1 heterocycles. The van der Waals surface area contributed by atoms with Crippen molar-refractivity contribution in [2.75, 3.05) is 6.54 Å². The summed E-state index contributed by atoms with van der Waals surface area (Å²) in [7, 11) is 0. The van der Waals surface area contributed by atoms with Crippen LogP contribution in [0.4, 0.5) is 0 Å². The molecule has 0 spiro atoms. The van der Waals surface area contributed by atoms with E-state index in [4.69, 9.17) is 0 Å². The lowest BCUT2D eigenvalue weighted by atomic mass is 9.97. The van der Waals surface area contributed by atoms with Crippen molar-refractivity contribution in [3.05, 3.63) is 0 Å². The van der Waals surface area contributed by atoms with Crippen LogP contribution in [0.1, 0.15) is 26.7 Å². The van der Waals surface area contributed by atoms with Crippen LogP contribution >= 0.6 is 0 Å². The van der Waals surface area contributed by atoms with Crippen molar-refractivity contribution in [3.63, 3.8) is 0 Å². The van der Waals surface area contributed by atoms with Gasteiger partial charge in [0.2, 0.25) is 5.91 Å². The Labute approximate surface area is 62.0 Å². The monoisotopic (exact) mass is 141 g/mol. The summed E-state index contributed by atoms with van der Waals surface area (Å²) in [4.78, 5) is 10.9. The third kappa shape index (κ3) is 2.01. The molecule has 10 heavy (non-hydrogen) atoms. The first-order chi connectivity index (χ1) is 4.68. The average molecular weight is 141 g/mol. The highest BCUT2D eigenvalue weighted by Crippen LogP contribution is 2.17. The second kappa shape index (κ2) is 3.04. The molecule has 1 rings (SSSR count). The van der Waals surface area contributed by atoms with Crippen LogP contribution in [0.2, 0.25) is 0 Å². The normalized spacial score (nSPS) is 34.8. The van der Waals surface area contributed by atoms with Gasteiger partial charge in [-0.3, -0.25) is 4.79 Å². The van der Waals surface area contributed by atoms with Crippen LogP contribution in [0, 0.1) is 11.8 Å². The minimum Gasteiger partial charge on any atom is -0.356 e. The van der Waals surface area contributed by atoms with E-state index in [1.165, 1.54) is 6.42 Å². The fourth-order valence-electron chi connectivity index (χ4n) is 1.53. The van der Waals surface area contributed by atoms with Crippen LogP contribution in [-0.4, -0.2) is 12.5 Å². The molecule has 2 atom stereocenters. The van der Waals surface area contributed by atoms with Gasteiger partial charge in [-0.15, -0.1) is 0 Å². The smallest absolute Gasteiger partial charge is 0.220 e. The molecule has 2 heteroatoms. The zero-order chi connectivity index (χ0) is 7.56. The lowest BCUT2D eigenvalue weighted by molar-refractivity contribution is -0.121. The fourth-order valence-corrected chi connectivity index (χ4v) is 1.53. The molecule has 0 bridgehead atoms. The molecule has 1 aliphatic heterocycles. The predicted molar refractivity (Wildman–Crippen MR) is 40.6 cm³/mol. The van der Waals surface area contributed by atoms with Gasteiger partial charge in [0.05, 0.1) is 0 Å². The Morgan fingerprint density at radius 2 is 2.10 bits per heavy atom. The topological polar surface area (TPSA) is 29.1 Å². The van der Waals surface area contributed by atoms with Gasteiger partial charge in [-0.2, -0.15) is 0 Å². The van der Waals surface area contributed by atoms with E-state index in [2.05, 4.69) is 19.2 Å². The van der Waals surface area contributed by atoms with Crippen molar-refractivity contribution in [2.45, 2.75) is 26.7 Å². The van der Waals surface area contributed by atoms with Gasteiger partial charge in [-0.25, -0.2) is 0 Å². The molecule has 0 aromatic rings. The maximum atomic E-state index is 10.9. The summed E-state index contributed by atoms with van der Waals surface area (Å²) in [5.41, 5.74) is 0. The number of nitrogens with one attached hydrogen (secondary N) is 1. The van der Waals surface area contributed by atoms with Gasteiger partial charge in [-0.05, 0) is 18.3 Å². The van der Waals surface area contributed by atoms with Crippen LogP contribution in [0.3, 0.4) is 0 Å². The predicted octanol–water partition coefficient (Wildman–Crippen LogP) is 1.17. The highest BCUT2D eigenvalue weighted by atomic mass is 16.1. The summed E-state index contributed by atoms with van der Waals surface area (Å²) < 4.78 is 0. The van der Waals surface area contributed by atoms with Crippen LogP contribution in [0.5, 0.6) is 0 Å². The van der Waals surface area contributed by atoms with Crippen molar-refractivity contribution in [2.24, 2.45) is 11.8 Å². The molecular weight excluding hydrogens is 126 g/mol. The summed E-state index contributed by atoms with van der Waals surface area (Å²) in [5.74, 6) is 1.44. The van der Waals surface area contributed by atoms with Crippen molar-refractivity contribution in [1.82, 2.24) is 5.32 Å². The molecule has 0 aromatic heterocycles. The van der Waals surface area contributed by atoms with Gasteiger partial charge < -0.3 is 5.32 Å². The Hall–Kier alpha value is -0.530. The van der Waals surface area contributed by atoms with Gasteiger partial charge in [0.1, 0.15) is 0 Å². The van der Waals surface area contributed by atoms with E-state index in [9.17, 15) is 4.79 Å². The summed E-state index contributed by atoms with van der Waals surface area (Å²) in [5, 5.41) is 2.89. The van der Waals surface area contributed by atoms with Crippen molar-refractivity contribution >= 4 is 5.91 Å². The van der Waals surface area contributed by atoms with E-state index in [0.29, 0.717) is 18.3 Å². The van der Waals surface area contributed by atoms with Gasteiger partial charge in [-0.1, -0.05) is 13.8 Å². The van der Waals surface area contributed by atoms with E-state index in [1.807, 2.05) is 0 Å². The minimum absolute atomic E-state index is 0.219. The van der Waals surface area contributed by atoms with Gasteiger partial charge >= 0.3 is 0 Å². The average Bonchev–Trinajstić information content (AvgIpc) is 1.93. The van der Waals surface area contributed by atoms with E-state index in [-0.39, 0.29) is 5.91 Å². The van der Waals surface area contributed by atoms with Crippen LogP contribution in [-0.2, 0) is 4.79 Å². The SMILES string of the molecule is C[C@H]1CNC(=O)C[C@H](C)C1. The Balaban J connectivity index is 2.46. The molecule has 0 radical (unpaired) electrons. The first kappa shape index (κ1) is 7.58. The molecule has 1 amide bonds. The van der Waals surface area contributed by atoms with E-state index < -0.39 is 0 Å². The van der Waals surface area contributed by atoms with Crippen LogP contribution < -0.4 is 5.32 Å². The molecule has 1 N–H and O–H groups in total. The van der Waals surface area contributed by atoms with E-state index in [1.54, 1.807) is 0 Å². The number of hydrogen-bond donors (Lipinski definition) is 1. The second-order valence-electron chi connectivity index (χ2n) is 3.45. The highest BCUT2D eigenvalue weighted by molar-refractivity contribution is 5.76. The number of carbonyl (C=O) groups is 1. The largest absolute Gasteiger partial charge is 0.356 e. The quantitative estimate of drug-likeness (QED) is 0.539. The van der Waals surface area contributed by atoms with Gasteiger partial charge in [0, 0.05) is 13.0 Å². The summed E-state index contributed by atoms with van der Waals surface area (Å²) in [6, 6.07) is 0. The second-order valence-corrected chi connectivity index (χ2v) is 3.45. The molecule has 0 unspecified atom stereocenters. The highest BCUT2D eigenvalue weighted by Gasteiger charge is 2.17. The van der Waals surface area contributed by atoms with Crippen molar-refractivity contribution in [3.8, 4) is 0 Å². The Kier molecular flexibility index (Phi) is 2.30. The van der Waals surface area contributed by atoms with Crippen molar-refractivity contribution < 1.29 is 4.79 Å². The van der Waals surface area contributed by atoms with Crippen LogP contribution in [0.25, 0.3) is 0 Å². The zero-order valence-corrected chi connectivity index (χ0v) is 6.68. The fraction of sp³-hybridized carbons (Fsp3) is 0.875. The first-order valence-electron chi connectivity index (χ1n) is 3.95. The van der Waals surface area contributed by atoms with E-state index >= 15 is 0 Å². The summed E-state index contributed by atoms with van der Waals surface area (Å²) in [6.45, 7) is 5.19. The van der Waals surface area contributed by atoms with E-state index in [0.717, 1.165) is 6.54 Å². The maximum absolute atomic E-state index is 10.9. The molecule has 1 fully saturated rings.